The number of hydrogen-bond acceptors (Lipinski definition) is 4. The summed E-state index contributed by atoms with van der Waals surface area (Å²) < 4.78 is 62.0. The molecule has 1 N–H and O–H groups in total. The lowest BCUT2D eigenvalue weighted by Gasteiger charge is -2.11. The fourth-order valence-electron chi connectivity index (χ4n) is 3.68. The average Bonchev–Trinajstić information content (AvgIpc) is 3.02. The van der Waals surface area contributed by atoms with Gasteiger partial charge in [0.25, 0.3) is 5.91 Å². The van der Waals surface area contributed by atoms with Crippen LogP contribution in [-0.4, -0.2) is 36.4 Å². The molecule has 10 heteroatoms. The lowest BCUT2D eigenvalue weighted by Crippen LogP contribution is -2.26. The Kier molecular flexibility index (Phi) is 7.48. The highest BCUT2D eigenvalue weighted by molar-refractivity contribution is 6.05. The zero-order valence-corrected chi connectivity index (χ0v) is 18.9. The number of unbranched alkanes of at least 4 members (excludes halogenated alkanes) is 1. The molecule has 0 saturated carbocycles. The molecule has 0 radical (unpaired) electrons. The molecule has 6 nitrogen and oxygen atoms in total. The molecule has 0 bridgehead atoms. The van der Waals surface area contributed by atoms with Crippen molar-refractivity contribution in [2.24, 2.45) is 0 Å². The minimum absolute atomic E-state index is 0.0422. The molecular weight excluding hydrogens is 456 g/mol. The van der Waals surface area contributed by atoms with Crippen LogP contribution in [0, 0.1) is 12.7 Å². The number of halogens is 4. The van der Waals surface area contributed by atoms with Gasteiger partial charge in [-0.1, -0.05) is 13.3 Å². The van der Waals surface area contributed by atoms with E-state index in [2.05, 4.69) is 10.1 Å². The van der Waals surface area contributed by atoms with Crippen LogP contribution >= 0.6 is 0 Å². The predicted molar refractivity (Wildman–Crippen MR) is 118 cm³/mol. The van der Waals surface area contributed by atoms with Crippen molar-refractivity contribution < 1.29 is 36.6 Å². The number of nitrogens with zero attached hydrogens (tertiary/aromatic N) is 1. The van der Waals surface area contributed by atoms with Gasteiger partial charge in [0.15, 0.2) is 11.6 Å². The van der Waals surface area contributed by atoms with E-state index >= 15 is 0 Å². The third-order valence-corrected chi connectivity index (χ3v) is 5.34. The van der Waals surface area contributed by atoms with Crippen LogP contribution in [0.1, 0.15) is 41.4 Å². The van der Waals surface area contributed by atoms with Crippen LogP contribution in [0.15, 0.2) is 36.4 Å². The van der Waals surface area contributed by atoms with E-state index in [0.29, 0.717) is 23.2 Å². The topological polar surface area (TPSA) is 69.6 Å². The number of rotatable bonds is 8. The van der Waals surface area contributed by atoms with E-state index in [4.69, 9.17) is 4.74 Å². The van der Waals surface area contributed by atoms with Gasteiger partial charge in [0.2, 0.25) is 5.91 Å². The molecule has 0 atom stereocenters. The highest BCUT2D eigenvalue weighted by atomic mass is 19.4. The molecular formula is C24H24F4N2O4. The van der Waals surface area contributed by atoms with Crippen molar-refractivity contribution in [1.29, 1.82) is 0 Å². The van der Waals surface area contributed by atoms with Gasteiger partial charge in [-0.05, 0) is 49.2 Å². The molecule has 0 spiro atoms. The fourth-order valence-corrected chi connectivity index (χ4v) is 3.68. The number of alkyl halides is 3. The minimum atomic E-state index is -4.86. The first-order valence-electron chi connectivity index (χ1n) is 10.6. The summed E-state index contributed by atoms with van der Waals surface area (Å²) in [6.45, 7) is 4.13. The summed E-state index contributed by atoms with van der Waals surface area (Å²) in [6.07, 6.45) is -3.17. The number of ether oxygens (including phenoxy) is 2. The zero-order valence-electron chi connectivity index (χ0n) is 18.9. The van der Waals surface area contributed by atoms with Crippen molar-refractivity contribution in [3.8, 4) is 11.5 Å². The zero-order chi connectivity index (χ0) is 25.0. The highest BCUT2D eigenvalue weighted by Gasteiger charge is 2.31. The summed E-state index contributed by atoms with van der Waals surface area (Å²) in [4.78, 5) is 25.8. The summed E-state index contributed by atoms with van der Waals surface area (Å²) >= 11 is 0. The number of amides is 1. The first-order chi connectivity index (χ1) is 16.1. The summed E-state index contributed by atoms with van der Waals surface area (Å²) in [5, 5.41) is 3.28. The van der Waals surface area contributed by atoms with Gasteiger partial charge in [-0.15, -0.1) is 13.2 Å². The van der Waals surface area contributed by atoms with Crippen molar-refractivity contribution in [1.82, 2.24) is 9.88 Å². The van der Waals surface area contributed by atoms with Gasteiger partial charge < -0.3 is 14.8 Å². The molecule has 2 aromatic carbocycles. The molecule has 1 amide bonds. The number of benzene rings is 2. The highest BCUT2D eigenvalue weighted by Crippen LogP contribution is 2.33. The van der Waals surface area contributed by atoms with Crippen molar-refractivity contribution in [3.05, 3.63) is 59.0 Å². The van der Waals surface area contributed by atoms with Crippen molar-refractivity contribution in [3.63, 3.8) is 0 Å². The van der Waals surface area contributed by atoms with E-state index in [-0.39, 0.29) is 29.2 Å². The van der Waals surface area contributed by atoms with Gasteiger partial charge in [-0.3, -0.25) is 14.2 Å². The Morgan fingerprint density at radius 2 is 1.79 bits per heavy atom. The molecule has 182 valence electrons. The molecule has 0 unspecified atom stereocenters. The van der Waals surface area contributed by atoms with Crippen LogP contribution in [-0.2, 0) is 11.2 Å². The average molecular weight is 480 g/mol. The monoisotopic (exact) mass is 480 g/mol. The minimum Gasteiger partial charge on any atom is -0.494 e. The molecule has 0 aliphatic rings. The maximum absolute atomic E-state index is 14.5. The van der Waals surface area contributed by atoms with E-state index in [1.54, 1.807) is 6.92 Å². The van der Waals surface area contributed by atoms with E-state index in [0.717, 1.165) is 31.0 Å². The molecule has 3 aromatic rings. The molecule has 1 heterocycles. The number of carbonyl (C=O) groups excluding carboxylic acids is 2. The number of hydrogen-bond donors (Lipinski definition) is 1. The Bertz CT molecular complexity index is 1200. The Hall–Kier alpha value is -3.56. The second kappa shape index (κ2) is 10.1. The molecule has 0 fully saturated rings. The number of nitrogens with one attached hydrogen (secondary N) is 1. The third-order valence-electron chi connectivity index (χ3n) is 5.34. The SMILES string of the molecule is CCCCNC(=O)Cc1c(C)n(C(=O)c2ccc(OC(F)(F)F)cc2)c2cc(F)c(OC)cc12. The summed E-state index contributed by atoms with van der Waals surface area (Å²) in [7, 11) is 1.31. The van der Waals surface area contributed by atoms with Gasteiger partial charge in [-0.2, -0.15) is 0 Å². The van der Waals surface area contributed by atoms with Crippen LogP contribution in [0.4, 0.5) is 17.6 Å². The van der Waals surface area contributed by atoms with Crippen molar-refractivity contribution in [2.45, 2.75) is 39.5 Å². The number of methoxy groups -OCH3 is 1. The Morgan fingerprint density at radius 1 is 1.12 bits per heavy atom. The summed E-state index contributed by atoms with van der Waals surface area (Å²) in [6, 6.07) is 6.98. The largest absolute Gasteiger partial charge is 0.573 e. The van der Waals surface area contributed by atoms with E-state index in [9.17, 15) is 27.2 Å². The smallest absolute Gasteiger partial charge is 0.494 e. The van der Waals surface area contributed by atoms with Gasteiger partial charge in [0, 0.05) is 29.3 Å². The van der Waals surface area contributed by atoms with Crippen LogP contribution in [0.5, 0.6) is 11.5 Å². The van der Waals surface area contributed by atoms with Gasteiger partial charge in [0.1, 0.15) is 5.75 Å². The fraction of sp³-hybridized carbons (Fsp3) is 0.333. The third kappa shape index (κ3) is 5.49. The maximum atomic E-state index is 14.5. The normalized spacial score (nSPS) is 11.5. The van der Waals surface area contributed by atoms with Gasteiger partial charge >= 0.3 is 6.36 Å². The predicted octanol–water partition coefficient (Wildman–Crippen LogP) is 5.14. The summed E-state index contributed by atoms with van der Waals surface area (Å²) in [5.41, 5.74) is 1.21. The Morgan fingerprint density at radius 3 is 2.38 bits per heavy atom. The number of carbonyl (C=O) groups is 2. The molecule has 0 aliphatic carbocycles. The first-order valence-corrected chi connectivity index (χ1v) is 10.6. The van der Waals surface area contributed by atoms with Crippen LogP contribution < -0.4 is 14.8 Å². The number of fused-ring (bicyclic) bond motifs is 1. The number of aromatic nitrogens is 1. The lowest BCUT2D eigenvalue weighted by molar-refractivity contribution is -0.274. The van der Waals surface area contributed by atoms with Crippen molar-refractivity contribution in [2.75, 3.05) is 13.7 Å². The lowest BCUT2D eigenvalue weighted by atomic mass is 10.1. The first kappa shape index (κ1) is 25.1. The molecule has 34 heavy (non-hydrogen) atoms. The Labute approximate surface area is 193 Å². The molecule has 1 aromatic heterocycles. The van der Waals surface area contributed by atoms with Crippen LogP contribution in [0.25, 0.3) is 10.9 Å². The standard InChI is InChI=1S/C24H24F4N2O4/c1-4-5-10-29-22(31)12-17-14(2)30(20-13-19(25)21(33-3)11-18(17)20)23(32)15-6-8-16(9-7-15)34-24(26,27)28/h6-9,11,13H,4-5,10,12H2,1-3H3,(H,29,31). The van der Waals surface area contributed by atoms with E-state index < -0.39 is 23.8 Å². The second-order valence-corrected chi connectivity index (χ2v) is 7.66. The van der Waals surface area contributed by atoms with E-state index in [1.807, 2.05) is 6.92 Å². The molecule has 3 rings (SSSR count). The molecule has 0 aliphatic heterocycles. The van der Waals surface area contributed by atoms with Crippen LogP contribution in [0.3, 0.4) is 0 Å². The van der Waals surface area contributed by atoms with Crippen molar-refractivity contribution >= 4 is 22.7 Å². The second-order valence-electron chi connectivity index (χ2n) is 7.66. The van der Waals surface area contributed by atoms with Crippen LogP contribution in [0.2, 0.25) is 0 Å². The maximum Gasteiger partial charge on any atom is 0.573 e. The van der Waals surface area contributed by atoms with E-state index in [1.165, 1.54) is 29.9 Å². The quantitative estimate of drug-likeness (QED) is 0.358. The van der Waals surface area contributed by atoms with Gasteiger partial charge in [0.05, 0.1) is 19.0 Å². The molecule has 0 saturated heterocycles. The Balaban J connectivity index is 2.04. The van der Waals surface area contributed by atoms with Gasteiger partial charge in [-0.25, -0.2) is 4.39 Å². The summed E-state index contributed by atoms with van der Waals surface area (Å²) in [5.74, 6) is -2.06.